The summed E-state index contributed by atoms with van der Waals surface area (Å²) < 4.78 is 6.96. The summed E-state index contributed by atoms with van der Waals surface area (Å²) in [4.78, 5) is 0. The highest BCUT2D eigenvalue weighted by Gasteiger charge is 2.06. The van der Waals surface area contributed by atoms with Crippen LogP contribution in [0.2, 0.25) is 0 Å². The Morgan fingerprint density at radius 1 is 1.05 bits per heavy atom. The van der Waals surface area contributed by atoms with Gasteiger partial charge in [0.2, 0.25) is 0 Å². The summed E-state index contributed by atoms with van der Waals surface area (Å²) in [6.45, 7) is 5.80. The Bertz CT molecular complexity index is 537. The van der Waals surface area contributed by atoms with Crippen molar-refractivity contribution < 1.29 is 4.74 Å². The second-order valence-electron chi connectivity index (χ2n) is 4.97. The van der Waals surface area contributed by atoms with Crippen LogP contribution in [0.25, 0.3) is 0 Å². The van der Waals surface area contributed by atoms with Gasteiger partial charge in [0.05, 0.1) is 0 Å². The van der Waals surface area contributed by atoms with Gasteiger partial charge in [0.15, 0.2) is 0 Å². The van der Waals surface area contributed by atoms with Crippen molar-refractivity contribution in [1.82, 2.24) is 0 Å². The summed E-state index contributed by atoms with van der Waals surface area (Å²) in [5.41, 5.74) is 2.37. The van der Waals surface area contributed by atoms with Gasteiger partial charge in [-0.05, 0) is 41.8 Å². The van der Waals surface area contributed by atoms with Crippen LogP contribution in [0, 0.1) is 0 Å². The fourth-order valence-corrected chi connectivity index (χ4v) is 2.28. The molecule has 0 saturated carbocycles. The predicted molar refractivity (Wildman–Crippen MR) is 88.7 cm³/mol. The third-order valence-corrected chi connectivity index (χ3v) is 3.60. The molecule has 2 aromatic rings. The molecule has 0 aliphatic carbocycles. The van der Waals surface area contributed by atoms with Gasteiger partial charge in [-0.2, -0.15) is 0 Å². The Hall–Kier alpha value is -1.48. The van der Waals surface area contributed by atoms with Crippen LogP contribution in [0.1, 0.15) is 25.3 Å². The van der Waals surface area contributed by atoms with Gasteiger partial charge in [0, 0.05) is 16.7 Å². The molecule has 2 aromatic carbocycles. The Balaban J connectivity index is 1.83. The van der Waals surface area contributed by atoms with E-state index in [-0.39, 0.29) is 0 Å². The first kappa shape index (κ1) is 14.9. The van der Waals surface area contributed by atoms with E-state index in [0.29, 0.717) is 12.5 Å². The molecule has 2 rings (SSSR count). The van der Waals surface area contributed by atoms with Crippen LogP contribution in [-0.4, -0.2) is 13.2 Å². The first-order valence-corrected chi connectivity index (χ1v) is 7.67. The highest BCUT2D eigenvalue weighted by atomic mass is 79.9. The van der Waals surface area contributed by atoms with Crippen molar-refractivity contribution in [2.75, 3.05) is 18.5 Å². The molecule has 0 fully saturated rings. The minimum Gasteiger partial charge on any atom is -0.491 e. The van der Waals surface area contributed by atoms with Crippen LogP contribution in [0.15, 0.2) is 53.0 Å². The summed E-state index contributed by atoms with van der Waals surface area (Å²) in [7, 11) is 0. The third kappa shape index (κ3) is 4.27. The van der Waals surface area contributed by atoms with E-state index in [2.05, 4.69) is 47.2 Å². The highest BCUT2D eigenvalue weighted by Crippen LogP contribution is 2.25. The lowest BCUT2D eigenvalue weighted by molar-refractivity contribution is 0.328. The molecule has 0 saturated heterocycles. The predicted octanol–water partition coefficient (Wildman–Crippen LogP) is 5.06. The lowest BCUT2D eigenvalue weighted by atomic mass is 10.0. The first-order valence-electron chi connectivity index (χ1n) is 6.88. The van der Waals surface area contributed by atoms with E-state index < -0.39 is 0 Å². The highest BCUT2D eigenvalue weighted by molar-refractivity contribution is 9.10. The molecule has 0 atom stereocenters. The van der Waals surface area contributed by atoms with Gasteiger partial charge in [-0.25, -0.2) is 0 Å². The zero-order chi connectivity index (χ0) is 14.4. The molecular formula is C17H20BrNO. The van der Waals surface area contributed by atoms with Crippen LogP contribution in [-0.2, 0) is 0 Å². The zero-order valence-electron chi connectivity index (χ0n) is 11.9. The van der Waals surface area contributed by atoms with Crippen LogP contribution >= 0.6 is 15.9 Å². The van der Waals surface area contributed by atoms with E-state index in [1.165, 1.54) is 5.56 Å². The van der Waals surface area contributed by atoms with E-state index in [0.717, 1.165) is 22.5 Å². The smallest absolute Gasteiger partial charge is 0.122 e. The topological polar surface area (TPSA) is 21.3 Å². The van der Waals surface area contributed by atoms with Crippen molar-refractivity contribution in [3.8, 4) is 5.75 Å². The number of para-hydroxylation sites is 1. The fraction of sp³-hybridized carbons (Fsp3) is 0.294. The zero-order valence-corrected chi connectivity index (χ0v) is 13.5. The summed E-state index contributed by atoms with van der Waals surface area (Å²) >= 11 is 3.43. The van der Waals surface area contributed by atoms with Crippen LogP contribution < -0.4 is 10.1 Å². The first-order chi connectivity index (χ1) is 9.66. The third-order valence-electron chi connectivity index (χ3n) is 3.07. The van der Waals surface area contributed by atoms with Gasteiger partial charge in [0.1, 0.15) is 12.4 Å². The summed E-state index contributed by atoms with van der Waals surface area (Å²) in [5, 5.41) is 3.34. The SMILES string of the molecule is CC(C)c1ccccc1OCCNc1ccc(Br)cc1. The Labute approximate surface area is 129 Å². The number of nitrogens with one attached hydrogen (secondary N) is 1. The van der Waals surface area contributed by atoms with Gasteiger partial charge in [-0.1, -0.05) is 48.0 Å². The van der Waals surface area contributed by atoms with Crippen molar-refractivity contribution in [3.05, 3.63) is 58.6 Å². The van der Waals surface area contributed by atoms with E-state index in [9.17, 15) is 0 Å². The van der Waals surface area contributed by atoms with Crippen LogP contribution in [0.3, 0.4) is 0 Å². The number of benzene rings is 2. The monoisotopic (exact) mass is 333 g/mol. The van der Waals surface area contributed by atoms with E-state index in [4.69, 9.17) is 4.74 Å². The van der Waals surface area contributed by atoms with Crippen LogP contribution in [0.4, 0.5) is 5.69 Å². The molecule has 1 N–H and O–H groups in total. The number of anilines is 1. The van der Waals surface area contributed by atoms with E-state index in [1.807, 2.05) is 36.4 Å². The quantitative estimate of drug-likeness (QED) is 0.745. The van der Waals surface area contributed by atoms with Crippen molar-refractivity contribution >= 4 is 21.6 Å². The molecular weight excluding hydrogens is 314 g/mol. The van der Waals surface area contributed by atoms with Gasteiger partial charge in [-0.15, -0.1) is 0 Å². The molecule has 0 unspecified atom stereocenters. The van der Waals surface area contributed by atoms with Crippen molar-refractivity contribution in [2.24, 2.45) is 0 Å². The molecule has 0 radical (unpaired) electrons. The standard InChI is InChI=1S/C17H20BrNO/c1-13(2)16-5-3-4-6-17(16)20-12-11-19-15-9-7-14(18)8-10-15/h3-10,13,19H,11-12H2,1-2H3. The van der Waals surface area contributed by atoms with Crippen molar-refractivity contribution in [2.45, 2.75) is 19.8 Å². The Morgan fingerprint density at radius 3 is 2.45 bits per heavy atom. The van der Waals surface area contributed by atoms with Crippen molar-refractivity contribution in [3.63, 3.8) is 0 Å². The molecule has 3 heteroatoms. The molecule has 0 aromatic heterocycles. The number of hydrogen-bond donors (Lipinski definition) is 1. The molecule has 0 heterocycles. The maximum atomic E-state index is 5.87. The Kier molecular flexibility index (Phi) is 5.48. The summed E-state index contributed by atoms with van der Waals surface area (Å²) in [6.07, 6.45) is 0. The molecule has 0 bridgehead atoms. The summed E-state index contributed by atoms with van der Waals surface area (Å²) in [6, 6.07) is 16.4. The summed E-state index contributed by atoms with van der Waals surface area (Å²) in [5.74, 6) is 1.46. The molecule has 0 aliphatic rings. The second-order valence-corrected chi connectivity index (χ2v) is 5.89. The molecule has 2 nitrogen and oxygen atoms in total. The molecule has 106 valence electrons. The van der Waals surface area contributed by atoms with E-state index in [1.54, 1.807) is 0 Å². The fourth-order valence-electron chi connectivity index (χ4n) is 2.01. The molecule has 0 spiro atoms. The van der Waals surface area contributed by atoms with Gasteiger partial charge < -0.3 is 10.1 Å². The number of ether oxygens (including phenoxy) is 1. The average molecular weight is 334 g/mol. The molecule has 20 heavy (non-hydrogen) atoms. The van der Waals surface area contributed by atoms with Crippen molar-refractivity contribution in [1.29, 1.82) is 0 Å². The van der Waals surface area contributed by atoms with Gasteiger partial charge >= 0.3 is 0 Å². The minimum atomic E-state index is 0.477. The maximum absolute atomic E-state index is 5.87. The number of halogens is 1. The van der Waals surface area contributed by atoms with Gasteiger partial charge in [0.25, 0.3) is 0 Å². The number of hydrogen-bond acceptors (Lipinski definition) is 2. The maximum Gasteiger partial charge on any atom is 0.122 e. The molecule has 0 amide bonds. The van der Waals surface area contributed by atoms with Gasteiger partial charge in [-0.3, -0.25) is 0 Å². The number of rotatable bonds is 6. The largest absolute Gasteiger partial charge is 0.491 e. The van der Waals surface area contributed by atoms with Crippen LogP contribution in [0.5, 0.6) is 5.75 Å². The Morgan fingerprint density at radius 2 is 1.75 bits per heavy atom. The second kappa shape index (κ2) is 7.34. The average Bonchev–Trinajstić information content (AvgIpc) is 2.46. The lowest BCUT2D eigenvalue weighted by Gasteiger charge is -2.14. The minimum absolute atomic E-state index is 0.477. The molecule has 0 aliphatic heterocycles. The lowest BCUT2D eigenvalue weighted by Crippen LogP contribution is -2.12. The van der Waals surface area contributed by atoms with E-state index >= 15 is 0 Å². The normalized spacial score (nSPS) is 10.6.